The lowest BCUT2D eigenvalue weighted by atomic mass is 10.1. The van der Waals surface area contributed by atoms with E-state index in [1.165, 1.54) is 11.1 Å². The number of rotatable bonds is 2. The minimum Gasteiger partial charge on any atom is -0.483 e. The highest BCUT2D eigenvalue weighted by molar-refractivity contribution is 5.32. The van der Waals surface area contributed by atoms with Gasteiger partial charge >= 0.3 is 0 Å². The van der Waals surface area contributed by atoms with Crippen LogP contribution in [0.5, 0.6) is 0 Å². The maximum Gasteiger partial charge on any atom is 0.290 e. The third-order valence-electron chi connectivity index (χ3n) is 1.84. The lowest BCUT2D eigenvalue weighted by Gasteiger charge is -1.97. The Hall–Kier alpha value is -1.31. The molecule has 0 aliphatic carbocycles. The van der Waals surface area contributed by atoms with Gasteiger partial charge in [0.2, 0.25) is 0 Å². The fourth-order valence-corrected chi connectivity index (χ4v) is 1.01. The first-order valence-electron chi connectivity index (χ1n) is 4.44. The molecule has 0 heterocycles. The maximum atomic E-state index is 8.36. The summed E-state index contributed by atoms with van der Waals surface area (Å²) < 4.78 is 0. The number of aryl methyl sites for hydroxylation is 2. The van der Waals surface area contributed by atoms with Gasteiger partial charge in [-0.2, -0.15) is 0 Å². The van der Waals surface area contributed by atoms with Crippen LogP contribution in [0.15, 0.2) is 24.3 Å². The molecule has 0 amide bonds. The lowest BCUT2D eigenvalue weighted by molar-refractivity contribution is -0.122. The van der Waals surface area contributed by atoms with Gasteiger partial charge in [-0.3, -0.25) is 4.79 Å². The van der Waals surface area contributed by atoms with Gasteiger partial charge < -0.3 is 5.11 Å². The molecule has 2 heteroatoms. The van der Waals surface area contributed by atoms with Crippen molar-refractivity contribution in [2.45, 2.75) is 26.7 Å². The molecule has 0 aliphatic heterocycles. The van der Waals surface area contributed by atoms with Gasteiger partial charge in [-0.15, -0.1) is 0 Å². The fourth-order valence-electron chi connectivity index (χ4n) is 1.01. The van der Waals surface area contributed by atoms with E-state index in [0.29, 0.717) is 0 Å². The zero-order valence-electron chi connectivity index (χ0n) is 8.16. The first kappa shape index (κ1) is 11.7. The molecule has 1 aromatic rings. The van der Waals surface area contributed by atoms with E-state index < -0.39 is 0 Å². The molecule has 1 N–H and O–H groups in total. The van der Waals surface area contributed by atoms with Crippen molar-refractivity contribution in [3.8, 4) is 0 Å². The Morgan fingerprint density at radius 3 is 1.46 bits per heavy atom. The van der Waals surface area contributed by atoms with E-state index in [1.54, 1.807) is 0 Å². The van der Waals surface area contributed by atoms with E-state index in [2.05, 4.69) is 38.1 Å². The molecule has 0 aromatic heterocycles. The third-order valence-corrected chi connectivity index (χ3v) is 1.84. The number of hydrogen-bond acceptors (Lipinski definition) is 1. The minimum atomic E-state index is -0.250. The van der Waals surface area contributed by atoms with Crippen LogP contribution < -0.4 is 0 Å². The summed E-state index contributed by atoms with van der Waals surface area (Å²) >= 11 is 0. The summed E-state index contributed by atoms with van der Waals surface area (Å²) in [5, 5.41) is 6.89. The second-order valence-electron chi connectivity index (χ2n) is 2.63. The molecule has 0 radical (unpaired) electrons. The molecular formula is C11H16O2. The first-order valence-corrected chi connectivity index (χ1v) is 4.44. The van der Waals surface area contributed by atoms with Crippen molar-refractivity contribution in [1.29, 1.82) is 0 Å². The monoisotopic (exact) mass is 180 g/mol. The van der Waals surface area contributed by atoms with Crippen molar-refractivity contribution >= 4 is 6.47 Å². The summed E-state index contributed by atoms with van der Waals surface area (Å²) in [6.07, 6.45) is 2.29. The molecule has 13 heavy (non-hydrogen) atoms. The average molecular weight is 180 g/mol. The van der Waals surface area contributed by atoms with E-state index in [-0.39, 0.29) is 6.47 Å². The molecule has 0 fully saturated rings. The molecular weight excluding hydrogens is 164 g/mol. The quantitative estimate of drug-likeness (QED) is 0.710. The Morgan fingerprint density at radius 2 is 1.31 bits per heavy atom. The Bertz CT molecular complexity index is 203. The van der Waals surface area contributed by atoms with Gasteiger partial charge in [0, 0.05) is 0 Å². The minimum absolute atomic E-state index is 0.250. The molecule has 0 bridgehead atoms. The van der Waals surface area contributed by atoms with Crippen molar-refractivity contribution in [1.82, 2.24) is 0 Å². The summed E-state index contributed by atoms with van der Waals surface area (Å²) in [6, 6.07) is 8.83. The van der Waals surface area contributed by atoms with Crippen molar-refractivity contribution in [3.05, 3.63) is 35.4 Å². The average Bonchev–Trinajstić information content (AvgIpc) is 2.19. The molecule has 0 saturated heterocycles. The Morgan fingerprint density at radius 1 is 1.08 bits per heavy atom. The van der Waals surface area contributed by atoms with Crippen LogP contribution in [-0.2, 0) is 17.6 Å². The van der Waals surface area contributed by atoms with Crippen molar-refractivity contribution in [2.75, 3.05) is 0 Å². The molecule has 0 spiro atoms. The van der Waals surface area contributed by atoms with Crippen LogP contribution in [-0.4, -0.2) is 11.6 Å². The van der Waals surface area contributed by atoms with Crippen molar-refractivity contribution < 1.29 is 9.90 Å². The van der Waals surface area contributed by atoms with Crippen LogP contribution in [0, 0.1) is 0 Å². The second-order valence-corrected chi connectivity index (χ2v) is 2.63. The van der Waals surface area contributed by atoms with E-state index in [9.17, 15) is 0 Å². The van der Waals surface area contributed by atoms with E-state index in [1.807, 2.05) is 0 Å². The number of hydrogen-bond donors (Lipinski definition) is 1. The van der Waals surface area contributed by atoms with Gasteiger partial charge in [0.15, 0.2) is 0 Å². The summed E-state index contributed by atoms with van der Waals surface area (Å²) in [6.45, 7) is 4.11. The van der Waals surface area contributed by atoms with Crippen LogP contribution in [0.25, 0.3) is 0 Å². The zero-order valence-corrected chi connectivity index (χ0v) is 8.16. The second kappa shape index (κ2) is 7.35. The first-order chi connectivity index (χ1) is 6.28. The maximum absolute atomic E-state index is 8.36. The molecule has 0 saturated carbocycles. The molecule has 2 nitrogen and oxygen atoms in total. The van der Waals surface area contributed by atoms with E-state index in [0.717, 1.165) is 12.8 Å². The highest BCUT2D eigenvalue weighted by Gasteiger charge is 1.88. The zero-order chi connectivity index (χ0) is 10.1. The molecule has 72 valence electrons. The molecule has 0 aliphatic rings. The Balaban J connectivity index is 0.000000424. The summed E-state index contributed by atoms with van der Waals surface area (Å²) in [5.41, 5.74) is 2.86. The normalized spacial score (nSPS) is 8.46. The van der Waals surface area contributed by atoms with Gasteiger partial charge in [0.25, 0.3) is 6.47 Å². The number of carboxylic acid groups (broad SMARTS) is 1. The SMILES string of the molecule is CCc1ccc(CC)cc1.O=CO. The summed E-state index contributed by atoms with van der Waals surface area (Å²) in [7, 11) is 0. The van der Waals surface area contributed by atoms with Crippen molar-refractivity contribution in [2.24, 2.45) is 0 Å². The van der Waals surface area contributed by atoms with Gasteiger partial charge in [-0.05, 0) is 24.0 Å². The predicted molar refractivity (Wildman–Crippen MR) is 53.9 cm³/mol. The lowest BCUT2D eigenvalue weighted by Crippen LogP contribution is -1.81. The van der Waals surface area contributed by atoms with Crippen LogP contribution in [0.1, 0.15) is 25.0 Å². The van der Waals surface area contributed by atoms with E-state index in [4.69, 9.17) is 9.90 Å². The van der Waals surface area contributed by atoms with Crippen LogP contribution in [0.4, 0.5) is 0 Å². The van der Waals surface area contributed by atoms with Crippen LogP contribution in [0.3, 0.4) is 0 Å². The van der Waals surface area contributed by atoms with Gasteiger partial charge in [-0.25, -0.2) is 0 Å². The van der Waals surface area contributed by atoms with Crippen molar-refractivity contribution in [3.63, 3.8) is 0 Å². The highest BCUT2D eigenvalue weighted by atomic mass is 16.3. The fraction of sp³-hybridized carbons (Fsp3) is 0.364. The van der Waals surface area contributed by atoms with Gasteiger partial charge in [0.1, 0.15) is 0 Å². The largest absolute Gasteiger partial charge is 0.483 e. The Labute approximate surface area is 79.2 Å². The smallest absolute Gasteiger partial charge is 0.290 e. The van der Waals surface area contributed by atoms with Gasteiger partial charge in [0.05, 0.1) is 0 Å². The summed E-state index contributed by atoms with van der Waals surface area (Å²) in [4.78, 5) is 8.36. The molecule has 1 rings (SSSR count). The van der Waals surface area contributed by atoms with E-state index >= 15 is 0 Å². The standard InChI is InChI=1S/C10H14.CH2O2/c1-3-9-5-7-10(4-2)8-6-9;2-1-3/h5-8H,3-4H2,1-2H3;1H,(H,2,3). The van der Waals surface area contributed by atoms with Gasteiger partial charge in [-0.1, -0.05) is 38.1 Å². The molecule has 0 unspecified atom stereocenters. The Kier molecular flexibility index (Phi) is 6.60. The summed E-state index contributed by atoms with van der Waals surface area (Å²) in [5.74, 6) is 0. The predicted octanol–water partition coefficient (Wildman–Crippen LogP) is 2.51. The van der Waals surface area contributed by atoms with Crippen LogP contribution in [0.2, 0.25) is 0 Å². The topological polar surface area (TPSA) is 37.3 Å². The molecule has 1 aromatic carbocycles. The number of carbonyl (C=O) groups is 1. The highest BCUT2D eigenvalue weighted by Crippen LogP contribution is 2.04. The van der Waals surface area contributed by atoms with Crippen LogP contribution >= 0.6 is 0 Å². The molecule has 0 atom stereocenters. The number of benzene rings is 1. The third kappa shape index (κ3) is 5.01.